The van der Waals surface area contributed by atoms with Gasteiger partial charge in [-0.05, 0) is 27.2 Å². The Hall–Kier alpha value is -1.26. The van der Waals surface area contributed by atoms with Gasteiger partial charge in [0.2, 0.25) is 5.60 Å². The molecule has 0 heterocycles. The van der Waals surface area contributed by atoms with Crippen LogP contribution in [0.25, 0.3) is 0 Å². The Kier molecular flexibility index (Phi) is 6.53. The maximum Gasteiger partial charge on any atom is 0.509 e. The smallest absolute Gasteiger partial charge is 0.463 e. The Morgan fingerprint density at radius 1 is 1.12 bits per heavy atom. The second-order valence-electron chi connectivity index (χ2n) is 3.78. The first kappa shape index (κ1) is 14.7. The standard InChI is InChI=1S/C11H20O5/c1-5-7-8-15-9(12)11(3,4)16-10(13)14-6-2/h5-8H2,1-4H3. The van der Waals surface area contributed by atoms with E-state index in [1.807, 2.05) is 6.92 Å². The molecule has 0 aliphatic heterocycles. The molecule has 0 radical (unpaired) electrons. The van der Waals surface area contributed by atoms with E-state index in [0.29, 0.717) is 6.61 Å². The van der Waals surface area contributed by atoms with Crippen molar-refractivity contribution in [3.63, 3.8) is 0 Å². The Labute approximate surface area is 96.1 Å². The van der Waals surface area contributed by atoms with Crippen molar-refractivity contribution < 1.29 is 23.8 Å². The molecule has 5 nitrogen and oxygen atoms in total. The summed E-state index contributed by atoms with van der Waals surface area (Å²) in [6.45, 7) is 7.14. The quantitative estimate of drug-likeness (QED) is 0.519. The maximum absolute atomic E-state index is 11.5. The fourth-order valence-corrected chi connectivity index (χ4v) is 0.880. The molecule has 0 unspecified atom stereocenters. The average Bonchev–Trinajstić information content (AvgIpc) is 2.17. The topological polar surface area (TPSA) is 61.8 Å². The molecule has 0 aliphatic rings. The molecular formula is C11H20O5. The van der Waals surface area contributed by atoms with Crippen molar-refractivity contribution >= 4 is 12.1 Å². The average molecular weight is 232 g/mol. The number of carbonyl (C=O) groups is 2. The molecule has 0 saturated carbocycles. The highest BCUT2D eigenvalue weighted by Gasteiger charge is 2.34. The fourth-order valence-electron chi connectivity index (χ4n) is 0.880. The lowest BCUT2D eigenvalue weighted by molar-refractivity contribution is -0.164. The second kappa shape index (κ2) is 7.09. The van der Waals surface area contributed by atoms with Crippen molar-refractivity contribution in [2.24, 2.45) is 0 Å². The molecule has 0 rings (SSSR count). The van der Waals surface area contributed by atoms with Crippen LogP contribution in [-0.4, -0.2) is 30.9 Å². The summed E-state index contributed by atoms with van der Waals surface area (Å²) in [5, 5.41) is 0. The van der Waals surface area contributed by atoms with Gasteiger partial charge in [0.1, 0.15) is 0 Å². The van der Waals surface area contributed by atoms with E-state index in [4.69, 9.17) is 9.47 Å². The monoisotopic (exact) mass is 232 g/mol. The van der Waals surface area contributed by atoms with Crippen molar-refractivity contribution in [1.82, 2.24) is 0 Å². The summed E-state index contributed by atoms with van der Waals surface area (Å²) in [4.78, 5) is 22.6. The fraction of sp³-hybridized carbons (Fsp3) is 0.818. The number of unbranched alkanes of at least 4 members (excludes halogenated alkanes) is 1. The third-order valence-electron chi connectivity index (χ3n) is 1.82. The molecule has 0 aliphatic carbocycles. The zero-order chi connectivity index (χ0) is 12.6. The number of ether oxygens (including phenoxy) is 3. The number of hydrogen-bond acceptors (Lipinski definition) is 5. The molecule has 0 saturated heterocycles. The number of hydrogen-bond donors (Lipinski definition) is 0. The second-order valence-corrected chi connectivity index (χ2v) is 3.78. The van der Waals surface area contributed by atoms with Crippen LogP contribution in [0.15, 0.2) is 0 Å². The van der Waals surface area contributed by atoms with E-state index < -0.39 is 17.7 Å². The summed E-state index contributed by atoms with van der Waals surface area (Å²) in [5.74, 6) is -0.561. The maximum atomic E-state index is 11.5. The van der Waals surface area contributed by atoms with Crippen LogP contribution in [0.4, 0.5) is 4.79 Å². The lowest BCUT2D eigenvalue weighted by Crippen LogP contribution is -2.39. The van der Waals surface area contributed by atoms with E-state index in [1.165, 1.54) is 13.8 Å². The SMILES string of the molecule is CCCCOC(=O)C(C)(C)OC(=O)OCC. The Morgan fingerprint density at radius 2 is 1.75 bits per heavy atom. The van der Waals surface area contributed by atoms with Crippen LogP contribution in [0.2, 0.25) is 0 Å². The zero-order valence-corrected chi connectivity index (χ0v) is 10.4. The van der Waals surface area contributed by atoms with Gasteiger partial charge >= 0.3 is 12.1 Å². The molecule has 0 spiro atoms. The van der Waals surface area contributed by atoms with E-state index in [1.54, 1.807) is 6.92 Å². The van der Waals surface area contributed by atoms with Crippen LogP contribution >= 0.6 is 0 Å². The van der Waals surface area contributed by atoms with E-state index in [0.717, 1.165) is 12.8 Å². The van der Waals surface area contributed by atoms with Crippen LogP contribution in [0, 0.1) is 0 Å². The summed E-state index contributed by atoms with van der Waals surface area (Å²) < 4.78 is 14.4. The van der Waals surface area contributed by atoms with Crippen LogP contribution in [0.3, 0.4) is 0 Å². The molecule has 0 N–H and O–H groups in total. The summed E-state index contributed by atoms with van der Waals surface area (Å²) in [6, 6.07) is 0. The van der Waals surface area contributed by atoms with Gasteiger partial charge in [-0.15, -0.1) is 0 Å². The first-order valence-corrected chi connectivity index (χ1v) is 5.47. The van der Waals surface area contributed by atoms with E-state index >= 15 is 0 Å². The van der Waals surface area contributed by atoms with Gasteiger partial charge in [-0.25, -0.2) is 9.59 Å². The number of carbonyl (C=O) groups excluding carboxylic acids is 2. The molecule has 0 atom stereocenters. The summed E-state index contributed by atoms with van der Waals surface area (Å²) in [6.07, 6.45) is 0.869. The molecule has 0 bridgehead atoms. The highest BCUT2D eigenvalue weighted by atomic mass is 16.7. The zero-order valence-electron chi connectivity index (χ0n) is 10.4. The Bertz CT molecular complexity index is 235. The molecule has 0 aromatic rings. The van der Waals surface area contributed by atoms with Crippen LogP contribution in [0.1, 0.15) is 40.5 Å². The van der Waals surface area contributed by atoms with Crippen molar-refractivity contribution in [2.45, 2.75) is 46.1 Å². The lowest BCUT2D eigenvalue weighted by atomic mass is 10.1. The minimum absolute atomic E-state index is 0.208. The summed E-state index contributed by atoms with van der Waals surface area (Å²) >= 11 is 0. The van der Waals surface area contributed by atoms with Gasteiger partial charge in [0.05, 0.1) is 13.2 Å². The largest absolute Gasteiger partial charge is 0.509 e. The van der Waals surface area contributed by atoms with Gasteiger partial charge in [-0.3, -0.25) is 0 Å². The molecule has 16 heavy (non-hydrogen) atoms. The van der Waals surface area contributed by atoms with Crippen LogP contribution < -0.4 is 0 Å². The molecule has 0 fully saturated rings. The molecule has 0 aromatic carbocycles. The lowest BCUT2D eigenvalue weighted by Gasteiger charge is -2.22. The van der Waals surface area contributed by atoms with E-state index in [9.17, 15) is 9.59 Å². The van der Waals surface area contributed by atoms with Crippen LogP contribution in [-0.2, 0) is 19.0 Å². The van der Waals surface area contributed by atoms with Gasteiger partial charge in [0.25, 0.3) is 0 Å². The van der Waals surface area contributed by atoms with Gasteiger partial charge in [-0.2, -0.15) is 0 Å². The van der Waals surface area contributed by atoms with Gasteiger partial charge in [0, 0.05) is 0 Å². The van der Waals surface area contributed by atoms with Crippen molar-refractivity contribution in [1.29, 1.82) is 0 Å². The highest BCUT2D eigenvalue weighted by molar-refractivity contribution is 5.81. The third kappa shape index (κ3) is 5.58. The van der Waals surface area contributed by atoms with Gasteiger partial charge in [-0.1, -0.05) is 13.3 Å². The van der Waals surface area contributed by atoms with Gasteiger partial charge in [0.15, 0.2) is 0 Å². The molecule has 0 amide bonds. The molecule has 94 valence electrons. The third-order valence-corrected chi connectivity index (χ3v) is 1.82. The molecular weight excluding hydrogens is 212 g/mol. The Morgan fingerprint density at radius 3 is 2.25 bits per heavy atom. The first-order chi connectivity index (χ1) is 7.44. The van der Waals surface area contributed by atoms with E-state index in [-0.39, 0.29) is 6.61 Å². The minimum Gasteiger partial charge on any atom is -0.463 e. The van der Waals surface area contributed by atoms with Crippen molar-refractivity contribution in [2.75, 3.05) is 13.2 Å². The molecule has 0 aromatic heterocycles. The van der Waals surface area contributed by atoms with Gasteiger partial charge < -0.3 is 14.2 Å². The van der Waals surface area contributed by atoms with Crippen molar-refractivity contribution in [3.8, 4) is 0 Å². The highest BCUT2D eigenvalue weighted by Crippen LogP contribution is 2.13. The summed E-state index contributed by atoms with van der Waals surface area (Å²) in [7, 11) is 0. The predicted octanol–water partition coefficient (Wildman–Crippen LogP) is 2.28. The molecule has 5 heteroatoms. The normalized spacial score (nSPS) is 10.8. The first-order valence-electron chi connectivity index (χ1n) is 5.47. The van der Waals surface area contributed by atoms with Crippen LogP contribution in [0.5, 0.6) is 0 Å². The number of rotatable bonds is 6. The summed E-state index contributed by atoms with van der Waals surface area (Å²) in [5.41, 5.74) is -1.31. The Balaban J connectivity index is 4.09. The predicted molar refractivity (Wildman–Crippen MR) is 58.1 cm³/mol. The van der Waals surface area contributed by atoms with Crippen molar-refractivity contribution in [3.05, 3.63) is 0 Å². The number of esters is 1. The van der Waals surface area contributed by atoms with E-state index in [2.05, 4.69) is 4.74 Å². The minimum atomic E-state index is -1.31.